The van der Waals surface area contributed by atoms with E-state index in [1.165, 1.54) is 114 Å². The van der Waals surface area contributed by atoms with E-state index in [-0.39, 0.29) is 0 Å². The summed E-state index contributed by atoms with van der Waals surface area (Å²) >= 11 is 0. The van der Waals surface area contributed by atoms with Gasteiger partial charge in [-0.05, 0) is 55.2 Å². The standard InChI is InChI=1S/C33H51NO/c1-3-5-7-9-10-12-25-35-32-23-24-33(34-27-32)31-21-19-28(20-22-31)17-18-30-16-13-15-29(26-30)14-11-8-6-4-2/h19-24,27,29-30H,3-18,25-26H2,1-2H3. The van der Waals surface area contributed by atoms with Gasteiger partial charge in [-0.1, -0.05) is 122 Å². The molecule has 3 rings (SSSR count). The van der Waals surface area contributed by atoms with Crippen molar-refractivity contribution in [2.45, 2.75) is 123 Å². The Balaban J connectivity index is 1.36. The molecule has 0 saturated heterocycles. The third kappa shape index (κ3) is 10.8. The maximum absolute atomic E-state index is 5.89. The minimum absolute atomic E-state index is 0.794. The highest BCUT2D eigenvalue weighted by Crippen LogP contribution is 2.35. The lowest BCUT2D eigenvalue weighted by atomic mass is 9.77. The molecule has 0 bridgehead atoms. The second kappa shape index (κ2) is 16.8. The molecule has 0 radical (unpaired) electrons. The van der Waals surface area contributed by atoms with Gasteiger partial charge in [-0.2, -0.15) is 0 Å². The van der Waals surface area contributed by atoms with Crippen LogP contribution in [-0.2, 0) is 6.42 Å². The quantitative estimate of drug-likeness (QED) is 0.211. The van der Waals surface area contributed by atoms with Gasteiger partial charge >= 0.3 is 0 Å². The van der Waals surface area contributed by atoms with E-state index in [9.17, 15) is 0 Å². The van der Waals surface area contributed by atoms with Gasteiger partial charge < -0.3 is 4.74 Å². The first-order valence-corrected chi connectivity index (χ1v) is 15.0. The van der Waals surface area contributed by atoms with Crippen LogP contribution in [-0.4, -0.2) is 11.6 Å². The van der Waals surface area contributed by atoms with Gasteiger partial charge in [0.05, 0.1) is 18.5 Å². The van der Waals surface area contributed by atoms with Gasteiger partial charge in [0.25, 0.3) is 0 Å². The summed E-state index contributed by atoms with van der Waals surface area (Å²) in [6.45, 7) is 5.36. The molecule has 0 aliphatic heterocycles. The molecule has 2 nitrogen and oxygen atoms in total. The minimum atomic E-state index is 0.794. The maximum Gasteiger partial charge on any atom is 0.137 e. The summed E-state index contributed by atoms with van der Waals surface area (Å²) in [6.07, 6.45) is 25.2. The van der Waals surface area contributed by atoms with Crippen LogP contribution in [0.3, 0.4) is 0 Å². The summed E-state index contributed by atoms with van der Waals surface area (Å²) in [7, 11) is 0. The number of hydrogen-bond donors (Lipinski definition) is 0. The molecule has 1 aromatic carbocycles. The van der Waals surface area contributed by atoms with Crippen molar-refractivity contribution in [3.63, 3.8) is 0 Å². The number of aromatic nitrogens is 1. The van der Waals surface area contributed by atoms with E-state index in [2.05, 4.69) is 55.2 Å². The van der Waals surface area contributed by atoms with E-state index < -0.39 is 0 Å². The minimum Gasteiger partial charge on any atom is -0.492 e. The predicted octanol–water partition coefficient (Wildman–Crippen LogP) is 10.2. The Kier molecular flexibility index (Phi) is 13.3. The highest BCUT2D eigenvalue weighted by molar-refractivity contribution is 5.59. The Morgan fingerprint density at radius 3 is 2.14 bits per heavy atom. The monoisotopic (exact) mass is 477 g/mol. The van der Waals surface area contributed by atoms with Gasteiger partial charge in [0.2, 0.25) is 0 Å². The third-order valence-corrected chi connectivity index (χ3v) is 7.95. The maximum atomic E-state index is 5.89. The second-order valence-electron chi connectivity index (χ2n) is 11.0. The highest BCUT2D eigenvalue weighted by Gasteiger charge is 2.21. The fourth-order valence-corrected chi connectivity index (χ4v) is 5.71. The third-order valence-electron chi connectivity index (χ3n) is 7.95. The van der Waals surface area contributed by atoms with Crippen LogP contribution in [0.2, 0.25) is 0 Å². The zero-order valence-corrected chi connectivity index (χ0v) is 22.8. The number of aryl methyl sites for hydroxylation is 1. The molecule has 1 aliphatic rings. The molecule has 194 valence electrons. The van der Waals surface area contributed by atoms with Gasteiger partial charge in [-0.3, -0.25) is 4.98 Å². The van der Waals surface area contributed by atoms with Crippen LogP contribution in [0.25, 0.3) is 11.3 Å². The fourth-order valence-electron chi connectivity index (χ4n) is 5.71. The summed E-state index contributed by atoms with van der Waals surface area (Å²) in [5, 5.41) is 0. The van der Waals surface area contributed by atoms with E-state index >= 15 is 0 Å². The lowest BCUT2D eigenvalue weighted by Gasteiger charge is -2.29. The summed E-state index contributed by atoms with van der Waals surface area (Å²) in [5.74, 6) is 2.82. The zero-order valence-electron chi connectivity index (χ0n) is 22.8. The Labute approximate surface area is 216 Å². The average Bonchev–Trinajstić information content (AvgIpc) is 2.90. The molecule has 0 N–H and O–H groups in total. The lowest BCUT2D eigenvalue weighted by molar-refractivity contribution is 0.239. The number of ether oxygens (including phenoxy) is 1. The molecular formula is C33H51NO. The van der Waals surface area contributed by atoms with Crippen molar-refractivity contribution in [1.29, 1.82) is 0 Å². The van der Waals surface area contributed by atoms with E-state index in [1.54, 1.807) is 0 Å². The van der Waals surface area contributed by atoms with Crippen LogP contribution in [0.4, 0.5) is 0 Å². The summed E-state index contributed by atoms with van der Waals surface area (Å²) < 4.78 is 5.89. The summed E-state index contributed by atoms with van der Waals surface area (Å²) in [4.78, 5) is 4.66. The first-order chi connectivity index (χ1) is 17.3. The molecule has 0 amide bonds. The molecule has 2 heteroatoms. The Morgan fingerprint density at radius 1 is 0.743 bits per heavy atom. The molecule has 2 atom stereocenters. The summed E-state index contributed by atoms with van der Waals surface area (Å²) in [5.41, 5.74) is 3.69. The van der Waals surface area contributed by atoms with Gasteiger partial charge in [0.15, 0.2) is 0 Å². The van der Waals surface area contributed by atoms with Crippen LogP contribution in [0.5, 0.6) is 5.75 Å². The van der Waals surface area contributed by atoms with Gasteiger partial charge in [-0.15, -0.1) is 0 Å². The molecule has 0 spiro atoms. The fraction of sp³-hybridized carbons (Fsp3) is 0.667. The Hall–Kier alpha value is -1.83. The number of pyridine rings is 1. The average molecular weight is 478 g/mol. The van der Waals surface area contributed by atoms with Crippen LogP contribution >= 0.6 is 0 Å². The number of benzene rings is 1. The summed E-state index contributed by atoms with van der Waals surface area (Å²) in [6, 6.07) is 13.3. The van der Waals surface area contributed by atoms with E-state index in [1.807, 2.05) is 6.20 Å². The van der Waals surface area contributed by atoms with Gasteiger partial charge in [0, 0.05) is 5.56 Å². The topological polar surface area (TPSA) is 22.1 Å². The first-order valence-electron chi connectivity index (χ1n) is 15.0. The van der Waals surface area contributed by atoms with E-state index in [0.29, 0.717) is 0 Å². The highest BCUT2D eigenvalue weighted by atomic mass is 16.5. The molecular weight excluding hydrogens is 426 g/mol. The number of unbranched alkanes of at least 4 members (excludes halogenated alkanes) is 8. The van der Waals surface area contributed by atoms with Crippen LogP contribution in [0.15, 0.2) is 42.6 Å². The smallest absolute Gasteiger partial charge is 0.137 e. The Bertz CT molecular complexity index is 782. The first kappa shape index (κ1) is 27.8. The molecule has 1 aromatic heterocycles. The zero-order chi connectivity index (χ0) is 24.6. The number of rotatable bonds is 17. The van der Waals surface area contributed by atoms with Gasteiger partial charge in [-0.25, -0.2) is 0 Å². The van der Waals surface area contributed by atoms with Gasteiger partial charge in [0.1, 0.15) is 5.75 Å². The molecule has 1 heterocycles. The number of hydrogen-bond acceptors (Lipinski definition) is 2. The van der Waals surface area contributed by atoms with Crippen molar-refractivity contribution in [2.24, 2.45) is 11.8 Å². The SMILES string of the molecule is CCCCCCCCOc1ccc(-c2ccc(CCC3CCCC(CCCCCC)C3)cc2)nc1. The molecule has 35 heavy (non-hydrogen) atoms. The van der Waals surface area contributed by atoms with Crippen molar-refractivity contribution in [2.75, 3.05) is 6.61 Å². The predicted molar refractivity (Wildman–Crippen MR) is 151 cm³/mol. The second-order valence-corrected chi connectivity index (χ2v) is 11.0. The molecule has 1 aliphatic carbocycles. The van der Waals surface area contributed by atoms with Crippen molar-refractivity contribution in [1.82, 2.24) is 4.98 Å². The van der Waals surface area contributed by atoms with Crippen LogP contribution in [0, 0.1) is 11.8 Å². The van der Waals surface area contributed by atoms with E-state index in [4.69, 9.17) is 4.74 Å². The molecule has 1 fully saturated rings. The van der Waals surface area contributed by atoms with Crippen molar-refractivity contribution < 1.29 is 4.74 Å². The van der Waals surface area contributed by atoms with E-state index in [0.717, 1.165) is 36.3 Å². The Morgan fingerprint density at radius 2 is 1.43 bits per heavy atom. The van der Waals surface area contributed by atoms with Crippen molar-refractivity contribution >= 4 is 0 Å². The number of nitrogens with zero attached hydrogens (tertiary/aromatic N) is 1. The lowest BCUT2D eigenvalue weighted by Crippen LogP contribution is -2.16. The van der Waals surface area contributed by atoms with Crippen LogP contribution < -0.4 is 4.74 Å². The normalized spacial score (nSPS) is 18.0. The molecule has 2 aromatic rings. The van der Waals surface area contributed by atoms with Crippen molar-refractivity contribution in [3.8, 4) is 17.0 Å². The van der Waals surface area contributed by atoms with Crippen LogP contribution in [0.1, 0.15) is 122 Å². The molecule has 1 saturated carbocycles. The largest absolute Gasteiger partial charge is 0.492 e. The molecule has 2 unspecified atom stereocenters. The van der Waals surface area contributed by atoms with Crippen molar-refractivity contribution in [3.05, 3.63) is 48.2 Å².